The van der Waals surface area contributed by atoms with E-state index in [2.05, 4.69) is 10.6 Å². The molecule has 122 valence electrons. The van der Waals surface area contributed by atoms with Crippen molar-refractivity contribution in [3.8, 4) is 0 Å². The number of carbonyl (C=O) groups excluding carboxylic acids is 2. The number of benzene rings is 1. The zero-order valence-corrected chi connectivity index (χ0v) is 14.1. The molecule has 0 radical (unpaired) electrons. The van der Waals surface area contributed by atoms with E-state index >= 15 is 0 Å². The third kappa shape index (κ3) is 7.25. The summed E-state index contributed by atoms with van der Waals surface area (Å²) in [5, 5.41) is 5.75. The first kappa shape index (κ1) is 18.2. The molecule has 0 aliphatic carbocycles. The number of nitrogens with one attached hydrogen (secondary N) is 2. The molecule has 1 aromatic rings. The molecular formula is C18H28N2O2. The molecular weight excluding hydrogens is 276 g/mol. The SMILES string of the molecule is CCCNC(=O)C(Cc1ccccc1)NC(=O)CC(C)(C)C. The van der Waals surface area contributed by atoms with Crippen LogP contribution in [-0.2, 0) is 16.0 Å². The largest absolute Gasteiger partial charge is 0.354 e. The van der Waals surface area contributed by atoms with Crippen molar-refractivity contribution in [3.05, 3.63) is 35.9 Å². The molecule has 1 aromatic carbocycles. The average Bonchev–Trinajstić information content (AvgIpc) is 2.43. The number of hydrogen-bond acceptors (Lipinski definition) is 2. The van der Waals surface area contributed by atoms with E-state index in [4.69, 9.17) is 0 Å². The van der Waals surface area contributed by atoms with Gasteiger partial charge in [0.15, 0.2) is 0 Å². The molecule has 1 rings (SSSR count). The van der Waals surface area contributed by atoms with Crippen LogP contribution in [0, 0.1) is 5.41 Å². The standard InChI is InChI=1S/C18H28N2O2/c1-5-11-19-17(22)15(12-14-9-7-6-8-10-14)20-16(21)13-18(2,3)4/h6-10,15H,5,11-13H2,1-4H3,(H,19,22)(H,20,21). The summed E-state index contributed by atoms with van der Waals surface area (Å²) in [5.74, 6) is -0.201. The third-order valence-electron chi connectivity index (χ3n) is 3.17. The van der Waals surface area contributed by atoms with E-state index in [1.807, 2.05) is 58.0 Å². The minimum absolute atomic E-state index is 0.0833. The van der Waals surface area contributed by atoms with Gasteiger partial charge in [-0.05, 0) is 17.4 Å². The summed E-state index contributed by atoms with van der Waals surface area (Å²) in [5.41, 5.74) is 0.941. The molecule has 0 fully saturated rings. The van der Waals surface area contributed by atoms with Crippen LogP contribution in [0.15, 0.2) is 30.3 Å². The predicted octanol–water partition coefficient (Wildman–Crippen LogP) is 2.68. The van der Waals surface area contributed by atoms with Crippen molar-refractivity contribution in [2.45, 2.75) is 53.0 Å². The van der Waals surface area contributed by atoms with Crippen LogP contribution < -0.4 is 10.6 Å². The summed E-state index contributed by atoms with van der Waals surface area (Å²) in [6, 6.07) is 9.23. The summed E-state index contributed by atoms with van der Waals surface area (Å²) in [7, 11) is 0. The zero-order chi connectivity index (χ0) is 16.6. The summed E-state index contributed by atoms with van der Waals surface area (Å²) >= 11 is 0. The van der Waals surface area contributed by atoms with E-state index < -0.39 is 6.04 Å². The molecule has 0 saturated carbocycles. The minimum atomic E-state index is -0.524. The first-order valence-corrected chi connectivity index (χ1v) is 7.93. The van der Waals surface area contributed by atoms with Crippen molar-refractivity contribution in [3.63, 3.8) is 0 Å². The van der Waals surface area contributed by atoms with Gasteiger partial charge >= 0.3 is 0 Å². The van der Waals surface area contributed by atoms with Gasteiger partial charge in [0.1, 0.15) is 6.04 Å². The lowest BCUT2D eigenvalue weighted by Crippen LogP contribution is -2.48. The highest BCUT2D eigenvalue weighted by molar-refractivity contribution is 5.88. The van der Waals surface area contributed by atoms with Crippen molar-refractivity contribution in [1.29, 1.82) is 0 Å². The Balaban J connectivity index is 2.73. The van der Waals surface area contributed by atoms with E-state index in [9.17, 15) is 9.59 Å². The average molecular weight is 304 g/mol. The van der Waals surface area contributed by atoms with Gasteiger partial charge in [0.05, 0.1) is 0 Å². The van der Waals surface area contributed by atoms with Crippen LogP contribution in [0.2, 0.25) is 0 Å². The molecule has 2 amide bonds. The van der Waals surface area contributed by atoms with Gasteiger partial charge in [-0.1, -0.05) is 58.0 Å². The van der Waals surface area contributed by atoms with Crippen molar-refractivity contribution in [1.82, 2.24) is 10.6 Å². The van der Waals surface area contributed by atoms with Crippen molar-refractivity contribution in [2.75, 3.05) is 6.54 Å². The number of hydrogen-bond donors (Lipinski definition) is 2. The van der Waals surface area contributed by atoms with Gasteiger partial charge in [-0.2, -0.15) is 0 Å². The van der Waals surface area contributed by atoms with Crippen LogP contribution in [-0.4, -0.2) is 24.4 Å². The molecule has 0 saturated heterocycles. The fourth-order valence-corrected chi connectivity index (χ4v) is 2.16. The first-order valence-electron chi connectivity index (χ1n) is 7.93. The fraction of sp³-hybridized carbons (Fsp3) is 0.556. The van der Waals surface area contributed by atoms with Crippen LogP contribution in [0.5, 0.6) is 0 Å². The van der Waals surface area contributed by atoms with E-state index in [1.54, 1.807) is 0 Å². The first-order chi connectivity index (χ1) is 10.3. The van der Waals surface area contributed by atoms with Gasteiger partial charge in [-0.15, -0.1) is 0 Å². The molecule has 2 N–H and O–H groups in total. The molecule has 0 aromatic heterocycles. The van der Waals surface area contributed by atoms with Gasteiger partial charge in [0.2, 0.25) is 11.8 Å². The van der Waals surface area contributed by atoms with E-state index in [-0.39, 0.29) is 17.2 Å². The van der Waals surface area contributed by atoms with Gasteiger partial charge in [-0.3, -0.25) is 9.59 Å². The Morgan fingerprint density at radius 3 is 2.32 bits per heavy atom. The van der Waals surface area contributed by atoms with E-state index in [1.165, 1.54) is 0 Å². The van der Waals surface area contributed by atoms with Crippen LogP contribution in [0.1, 0.15) is 46.1 Å². The number of rotatable bonds is 7. The Kier molecular flexibility index (Phi) is 7.09. The Morgan fingerprint density at radius 2 is 1.77 bits per heavy atom. The maximum Gasteiger partial charge on any atom is 0.242 e. The van der Waals surface area contributed by atoms with Crippen LogP contribution in [0.4, 0.5) is 0 Å². The quantitative estimate of drug-likeness (QED) is 0.813. The Bertz CT molecular complexity index is 478. The molecule has 0 aliphatic rings. The fourth-order valence-electron chi connectivity index (χ4n) is 2.16. The highest BCUT2D eigenvalue weighted by atomic mass is 16.2. The molecule has 0 bridgehead atoms. The van der Waals surface area contributed by atoms with Gasteiger partial charge in [0.25, 0.3) is 0 Å². The van der Waals surface area contributed by atoms with Crippen LogP contribution >= 0.6 is 0 Å². The van der Waals surface area contributed by atoms with E-state index in [0.717, 1.165) is 12.0 Å². The minimum Gasteiger partial charge on any atom is -0.354 e. The van der Waals surface area contributed by atoms with Crippen LogP contribution in [0.3, 0.4) is 0 Å². The van der Waals surface area contributed by atoms with Crippen molar-refractivity contribution >= 4 is 11.8 Å². The molecule has 0 aliphatic heterocycles. The maximum atomic E-state index is 12.3. The molecule has 0 heterocycles. The molecule has 4 heteroatoms. The van der Waals surface area contributed by atoms with Crippen LogP contribution in [0.25, 0.3) is 0 Å². The molecule has 4 nitrogen and oxygen atoms in total. The normalized spacial score (nSPS) is 12.5. The zero-order valence-electron chi connectivity index (χ0n) is 14.1. The second kappa shape index (κ2) is 8.57. The van der Waals surface area contributed by atoms with E-state index in [0.29, 0.717) is 19.4 Å². The van der Waals surface area contributed by atoms with Crippen molar-refractivity contribution < 1.29 is 9.59 Å². The second-order valence-corrected chi connectivity index (χ2v) is 6.84. The molecule has 1 atom stereocenters. The third-order valence-corrected chi connectivity index (χ3v) is 3.17. The Morgan fingerprint density at radius 1 is 1.14 bits per heavy atom. The van der Waals surface area contributed by atoms with Gasteiger partial charge in [0, 0.05) is 19.4 Å². The lowest BCUT2D eigenvalue weighted by molar-refractivity contribution is -0.129. The highest BCUT2D eigenvalue weighted by Gasteiger charge is 2.23. The lowest BCUT2D eigenvalue weighted by atomic mass is 9.91. The summed E-state index contributed by atoms with van der Waals surface area (Å²) in [4.78, 5) is 24.4. The second-order valence-electron chi connectivity index (χ2n) is 6.84. The molecule has 0 spiro atoms. The summed E-state index contributed by atoms with van der Waals surface area (Å²) < 4.78 is 0. The van der Waals surface area contributed by atoms with Crippen molar-refractivity contribution in [2.24, 2.45) is 5.41 Å². The Labute approximate surface area is 133 Å². The number of carbonyl (C=O) groups is 2. The summed E-state index contributed by atoms with van der Waals surface area (Å²) in [6.07, 6.45) is 1.78. The van der Waals surface area contributed by atoms with Gasteiger partial charge < -0.3 is 10.6 Å². The molecule has 22 heavy (non-hydrogen) atoms. The number of amides is 2. The summed E-state index contributed by atoms with van der Waals surface area (Å²) in [6.45, 7) is 8.66. The maximum absolute atomic E-state index is 12.3. The molecule has 1 unspecified atom stereocenters. The highest BCUT2D eigenvalue weighted by Crippen LogP contribution is 2.18. The predicted molar refractivity (Wildman–Crippen MR) is 89.4 cm³/mol. The topological polar surface area (TPSA) is 58.2 Å². The lowest BCUT2D eigenvalue weighted by Gasteiger charge is -2.22. The monoisotopic (exact) mass is 304 g/mol. The smallest absolute Gasteiger partial charge is 0.242 e. The Hall–Kier alpha value is -1.84. The van der Waals surface area contributed by atoms with Gasteiger partial charge in [-0.25, -0.2) is 0 Å².